The number of hydrogen-bond acceptors (Lipinski definition) is 4. The van der Waals surface area contributed by atoms with Crippen LogP contribution in [0, 0.1) is 10.1 Å². The number of fused-ring (bicyclic) bond motifs is 1. The predicted octanol–water partition coefficient (Wildman–Crippen LogP) is 2.54. The van der Waals surface area contributed by atoms with Gasteiger partial charge in [-0.15, -0.1) is 0 Å². The summed E-state index contributed by atoms with van der Waals surface area (Å²) in [6.45, 7) is 1.99. The van der Waals surface area contributed by atoms with E-state index in [0.717, 1.165) is 22.8 Å². The summed E-state index contributed by atoms with van der Waals surface area (Å²) >= 11 is 5.15. The third-order valence-electron chi connectivity index (χ3n) is 2.38. The van der Waals surface area contributed by atoms with Gasteiger partial charge in [0.1, 0.15) is 0 Å². The quantitative estimate of drug-likeness (QED) is 0.446. The number of nitrogens with zero attached hydrogens (tertiary/aromatic N) is 1. The SMILES string of the molecule is C[C@H]1CC(=S)Nc2ccc([N+](=O)[O-])cc2N1. The molecule has 84 valence electrons. The number of anilines is 2. The Morgan fingerprint density at radius 3 is 2.94 bits per heavy atom. The minimum absolute atomic E-state index is 0.0769. The van der Waals surface area contributed by atoms with Crippen LogP contribution in [0.4, 0.5) is 17.1 Å². The second-order valence-corrected chi connectivity index (χ2v) is 4.28. The fourth-order valence-corrected chi connectivity index (χ4v) is 2.03. The lowest BCUT2D eigenvalue weighted by Crippen LogP contribution is -2.17. The molecule has 2 rings (SSSR count). The van der Waals surface area contributed by atoms with Crippen LogP contribution in [0.5, 0.6) is 0 Å². The van der Waals surface area contributed by atoms with Crippen LogP contribution in [0.2, 0.25) is 0 Å². The van der Waals surface area contributed by atoms with Gasteiger partial charge in [-0.25, -0.2) is 0 Å². The molecular formula is C10H11N3O2S. The highest BCUT2D eigenvalue weighted by atomic mass is 32.1. The first-order chi connectivity index (χ1) is 7.56. The molecule has 0 spiro atoms. The second kappa shape index (κ2) is 4.05. The fraction of sp³-hybridized carbons (Fsp3) is 0.300. The minimum atomic E-state index is -0.407. The molecule has 0 aliphatic carbocycles. The molecule has 16 heavy (non-hydrogen) atoms. The molecule has 0 unspecified atom stereocenters. The molecule has 0 saturated carbocycles. The van der Waals surface area contributed by atoms with E-state index in [2.05, 4.69) is 10.6 Å². The molecule has 2 N–H and O–H groups in total. The molecule has 0 bridgehead atoms. The zero-order chi connectivity index (χ0) is 11.7. The standard InChI is InChI=1S/C10H11N3O2S/c1-6-4-10(16)12-8-3-2-7(13(14)15)5-9(8)11-6/h2-3,5-6,11H,4H2,1H3,(H,12,16)/t6-/m0/s1. The number of rotatable bonds is 1. The molecule has 5 nitrogen and oxygen atoms in total. The molecule has 0 amide bonds. The van der Waals surface area contributed by atoms with Gasteiger partial charge in [0.15, 0.2) is 0 Å². The lowest BCUT2D eigenvalue weighted by molar-refractivity contribution is -0.384. The first-order valence-corrected chi connectivity index (χ1v) is 5.32. The van der Waals surface area contributed by atoms with Gasteiger partial charge in [-0.2, -0.15) is 0 Å². The van der Waals surface area contributed by atoms with Crippen molar-refractivity contribution in [2.45, 2.75) is 19.4 Å². The molecule has 1 aliphatic rings. The Bertz CT molecular complexity index is 461. The van der Waals surface area contributed by atoms with Crippen molar-refractivity contribution < 1.29 is 4.92 Å². The topological polar surface area (TPSA) is 67.2 Å². The van der Waals surface area contributed by atoms with E-state index < -0.39 is 4.92 Å². The first kappa shape index (κ1) is 10.8. The van der Waals surface area contributed by atoms with Crippen LogP contribution in [0.1, 0.15) is 13.3 Å². The predicted molar refractivity (Wildman–Crippen MR) is 67.0 cm³/mol. The Labute approximate surface area is 98.0 Å². The summed E-state index contributed by atoms with van der Waals surface area (Å²) in [7, 11) is 0. The Morgan fingerprint density at radius 2 is 2.25 bits per heavy atom. The summed E-state index contributed by atoms with van der Waals surface area (Å²) in [6.07, 6.45) is 0.720. The molecule has 0 fully saturated rings. The van der Waals surface area contributed by atoms with E-state index in [1.165, 1.54) is 12.1 Å². The van der Waals surface area contributed by atoms with Gasteiger partial charge in [-0.05, 0) is 13.0 Å². The Balaban J connectivity index is 2.42. The number of nitrogens with one attached hydrogen (secondary N) is 2. The number of thiocarbonyl (C=S) groups is 1. The zero-order valence-corrected chi connectivity index (χ0v) is 9.50. The minimum Gasteiger partial charge on any atom is -0.380 e. The lowest BCUT2D eigenvalue weighted by Gasteiger charge is -2.11. The highest BCUT2D eigenvalue weighted by Crippen LogP contribution is 2.30. The number of nitro benzene ring substituents is 1. The number of hydrogen-bond donors (Lipinski definition) is 2. The summed E-state index contributed by atoms with van der Waals surface area (Å²) in [5, 5.41) is 16.9. The molecular weight excluding hydrogens is 226 g/mol. The van der Waals surface area contributed by atoms with Crippen molar-refractivity contribution in [1.29, 1.82) is 0 Å². The Hall–Kier alpha value is -1.69. The maximum atomic E-state index is 10.7. The van der Waals surface area contributed by atoms with Crippen molar-refractivity contribution in [1.82, 2.24) is 0 Å². The second-order valence-electron chi connectivity index (χ2n) is 3.78. The summed E-state index contributed by atoms with van der Waals surface area (Å²) in [4.78, 5) is 11.0. The van der Waals surface area contributed by atoms with Crippen molar-refractivity contribution >= 4 is 34.3 Å². The van der Waals surface area contributed by atoms with Crippen LogP contribution >= 0.6 is 12.2 Å². The molecule has 0 radical (unpaired) electrons. The highest BCUT2D eigenvalue weighted by Gasteiger charge is 2.17. The van der Waals surface area contributed by atoms with Crippen molar-refractivity contribution in [2.75, 3.05) is 10.6 Å². The van der Waals surface area contributed by atoms with Crippen LogP contribution in [0.3, 0.4) is 0 Å². The van der Waals surface area contributed by atoms with Crippen LogP contribution < -0.4 is 10.6 Å². The summed E-state index contributed by atoms with van der Waals surface area (Å²) < 4.78 is 0. The van der Waals surface area contributed by atoms with Crippen LogP contribution in [0.25, 0.3) is 0 Å². The van der Waals surface area contributed by atoms with E-state index in [9.17, 15) is 10.1 Å². The van der Waals surface area contributed by atoms with Crippen molar-refractivity contribution in [2.24, 2.45) is 0 Å². The summed E-state index contributed by atoms with van der Waals surface area (Å²) in [5.74, 6) is 0. The van der Waals surface area contributed by atoms with E-state index in [1.807, 2.05) is 6.92 Å². The summed E-state index contributed by atoms with van der Waals surface area (Å²) in [6, 6.07) is 4.83. The Morgan fingerprint density at radius 1 is 1.50 bits per heavy atom. The van der Waals surface area contributed by atoms with Crippen molar-refractivity contribution in [3.05, 3.63) is 28.3 Å². The first-order valence-electron chi connectivity index (χ1n) is 4.91. The van der Waals surface area contributed by atoms with Gasteiger partial charge in [0.2, 0.25) is 0 Å². The van der Waals surface area contributed by atoms with Crippen LogP contribution in [-0.2, 0) is 0 Å². The van der Waals surface area contributed by atoms with E-state index in [1.54, 1.807) is 6.07 Å². The van der Waals surface area contributed by atoms with Gasteiger partial charge in [-0.3, -0.25) is 10.1 Å². The maximum absolute atomic E-state index is 10.7. The molecule has 1 atom stereocenters. The fourth-order valence-electron chi connectivity index (χ4n) is 1.67. The smallest absolute Gasteiger partial charge is 0.271 e. The maximum Gasteiger partial charge on any atom is 0.271 e. The van der Waals surface area contributed by atoms with Gasteiger partial charge < -0.3 is 10.6 Å². The van der Waals surface area contributed by atoms with E-state index in [-0.39, 0.29) is 11.7 Å². The van der Waals surface area contributed by atoms with Crippen molar-refractivity contribution in [3.8, 4) is 0 Å². The molecule has 6 heteroatoms. The van der Waals surface area contributed by atoms with Gasteiger partial charge in [0, 0.05) is 24.6 Å². The van der Waals surface area contributed by atoms with E-state index in [4.69, 9.17) is 12.2 Å². The van der Waals surface area contributed by atoms with Crippen LogP contribution in [-0.4, -0.2) is 16.0 Å². The van der Waals surface area contributed by atoms with Crippen molar-refractivity contribution in [3.63, 3.8) is 0 Å². The van der Waals surface area contributed by atoms with Gasteiger partial charge in [0.05, 0.1) is 21.3 Å². The third kappa shape index (κ3) is 2.11. The number of non-ortho nitro benzene ring substituents is 1. The van der Waals surface area contributed by atoms with E-state index in [0.29, 0.717) is 0 Å². The van der Waals surface area contributed by atoms with E-state index >= 15 is 0 Å². The van der Waals surface area contributed by atoms with Gasteiger partial charge >= 0.3 is 0 Å². The lowest BCUT2D eigenvalue weighted by atomic mass is 10.2. The Kier molecular flexibility index (Phi) is 2.74. The molecule has 0 aromatic heterocycles. The summed E-state index contributed by atoms with van der Waals surface area (Å²) in [5.41, 5.74) is 1.59. The van der Waals surface area contributed by atoms with Crippen LogP contribution in [0.15, 0.2) is 18.2 Å². The highest BCUT2D eigenvalue weighted by molar-refractivity contribution is 7.80. The molecule has 1 aliphatic heterocycles. The number of benzene rings is 1. The molecule has 1 aromatic carbocycles. The average molecular weight is 237 g/mol. The average Bonchev–Trinajstić information content (AvgIpc) is 2.32. The van der Waals surface area contributed by atoms with Gasteiger partial charge in [0.25, 0.3) is 5.69 Å². The molecule has 1 heterocycles. The third-order valence-corrected chi connectivity index (χ3v) is 2.65. The largest absolute Gasteiger partial charge is 0.380 e. The molecule has 1 aromatic rings. The zero-order valence-electron chi connectivity index (χ0n) is 8.69. The number of nitro groups is 1. The van der Waals surface area contributed by atoms with Gasteiger partial charge in [-0.1, -0.05) is 12.2 Å². The monoisotopic (exact) mass is 237 g/mol. The normalized spacial score (nSPS) is 19.1. The molecule has 0 saturated heterocycles.